The number of benzene rings is 2. The summed E-state index contributed by atoms with van der Waals surface area (Å²) in [5.41, 5.74) is 2.04. The summed E-state index contributed by atoms with van der Waals surface area (Å²) in [6.45, 7) is 6.25. The number of piperidine rings is 3. The van der Waals surface area contributed by atoms with Crippen molar-refractivity contribution in [3.8, 4) is 5.75 Å². The average molecular weight is 508 g/mol. The molecule has 36 heavy (non-hydrogen) atoms. The lowest BCUT2D eigenvalue weighted by atomic mass is 9.73. The number of methoxy groups -OCH3 is 1. The van der Waals surface area contributed by atoms with Crippen LogP contribution >= 0.6 is 0 Å². The topological polar surface area (TPSA) is 116 Å². The summed E-state index contributed by atoms with van der Waals surface area (Å²) in [6.07, 6.45) is 5.76. The maximum atomic E-state index is 11.2. The van der Waals surface area contributed by atoms with Gasteiger partial charge in [0.25, 0.3) is 10.0 Å². The molecule has 0 radical (unpaired) electrons. The van der Waals surface area contributed by atoms with E-state index in [1.165, 1.54) is 23.5 Å². The SMILES string of the molecule is C=C[C@H]1C[NH+]2CC[C@H]1C[C@H]2[C@H](O)c1ccnc2ccc(OC)cc12.O=S1(=O)N=C([O-])c2ccccc21. The highest BCUT2D eigenvalue weighted by Crippen LogP contribution is 2.34. The van der Waals surface area contributed by atoms with Crippen molar-refractivity contribution >= 4 is 26.8 Å². The van der Waals surface area contributed by atoms with Crippen LogP contribution in [0.4, 0.5) is 0 Å². The zero-order valence-electron chi connectivity index (χ0n) is 20.0. The predicted molar refractivity (Wildman–Crippen MR) is 134 cm³/mol. The van der Waals surface area contributed by atoms with Crippen LogP contribution in [0.5, 0.6) is 5.75 Å². The molecular formula is C27H29N3O5S. The van der Waals surface area contributed by atoms with Gasteiger partial charge in [0.05, 0.1) is 30.6 Å². The fourth-order valence-corrected chi connectivity index (χ4v) is 6.83. The highest BCUT2D eigenvalue weighted by molar-refractivity contribution is 7.90. The van der Waals surface area contributed by atoms with Crippen LogP contribution in [0.25, 0.3) is 10.9 Å². The first-order valence-electron chi connectivity index (χ1n) is 12.0. The summed E-state index contributed by atoms with van der Waals surface area (Å²) in [5, 5.41) is 23.1. The minimum Gasteiger partial charge on any atom is -0.858 e. The molecule has 5 atom stereocenters. The van der Waals surface area contributed by atoms with Gasteiger partial charge in [0.1, 0.15) is 17.9 Å². The molecule has 2 bridgehead atoms. The van der Waals surface area contributed by atoms with E-state index in [0.29, 0.717) is 11.8 Å². The predicted octanol–water partition coefficient (Wildman–Crippen LogP) is 1.25. The summed E-state index contributed by atoms with van der Waals surface area (Å²) in [6, 6.07) is 14.1. The number of hydrogen-bond donors (Lipinski definition) is 2. The fourth-order valence-electron chi connectivity index (χ4n) is 5.73. The van der Waals surface area contributed by atoms with E-state index in [1.54, 1.807) is 25.4 Å². The Kier molecular flexibility index (Phi) is 6.55. The van der Waals surface area contributed by atoms with Crippen molar-refractivity contribution < 1.29 is 28.3 Å². The van der Waals surface area contributed by atoms with E-state index in [2.05, 4.69) is 22.0 Å². The molecule has 4 aliphatic heterocycles. The van der Waals surface area contributed by atoms with Gasteiger partial charge in [-0.1, -0.05) is 24.3 Å². The summed E-state index contributed by atoms with van der Waals surface area (Å²) < 4.78 is 30.5. The molecule has 7 rings (SSSR count). The molecule has 4 aliphatic rings. The smallest absolute Gasteiger partial charge is 0.282 e. The molecule has 1 aromatic heterocycles. The van der Waals surface area contributed by atoms with E-state index in [1.807, 2.05) is 24.3 Å². The number of aromatic nitrogens is 1. The van der Waals surface area contributed by atoms with E-state index in [0.717, 1.165) is 41.7 Å². The lowest BCUT2D eigenvalue weighted by molar-refractivity contribution is -0.949. The van der Waals surface area contributed by atoms with Gasteiger partial charge in [0, 0.05) is 41.8 Å². The van der Waals surface area contributed by atoms with Gasteiger partial charge in [0.15, 0.2) is 0 Å². The summed E-state index contributed by atoms with van der Waals surface area (Å²) in [4.78, 5) is 5.96. The summed E-state index contributed by atoms with van der Waals surface area (Å²) >= 11 is 0. The van der Waals surface area contributed by atoms with Crippen LogP contribution < -0.4 is 14.7 Å². The zero-order chi connectivity index (χ0) is 25.4. The second-order valence-corrected chi connectivity index (χ2v) is 11.1. The Hall–Kier alpha value is -3.27. The number of hydrogen-bond acceptors (Lipinski definition) is 6. The maximum Gasteiger partial charge on any atom is 0.282 e. The Morgan fingerprint density at radius 3 is 2.75 bits per heavy atom. The molecule has 2 N–H and O–H groups in total. The molecule has 3 saturated heterocycles. The normalized spacial score (nSPS) is 26.3. The van der Waals surface area contributed by atoms with Crippen LogP contribution in [0.1, 0.15) is 30.1 Å². The largest absolute Gasteiger partial charge is 0.858 e. The number of pyridine rings is 1. The maximum absolute atomic E-state index is 11.2. The molecule has 3 aromatic rings. The Morgan fingerprint density at radius 2 is 2.06 bits per heavy atom. The lowest BCUT2D eigenvalue weighted by Gasteiger charge is -2.47. The van der Waals surface area contributed by atoms with E-state index >= 15 is 0 Å². The minimum absolute atomic E-state index is 0.00926. The monoisotopic (exact) mass is 507 g/mol. The van der Waals surface area contributed by atoms with Crippen LogP contribution in [0, 0.1) is 11.8 Å². The molecule has 0 saturated carbocycles. The van der Waals surface area contributed by atoms with Gasteiger partial charge < -0.3 is 19.8 Å². The number of nitrogens with zero attached hydrogens (tertiary/aromatic N) is 2. The molecule has 8 nitrogen and oxygen atoms in total. The quantitative estimate of drug-likeness (QED) is 0.514. The second-order valence-electron chi connectivity index (χ2n) is 9.50. The van der Waals surface area contributed by atoms with E-state index < -0.39 is 22.0 Å². The molecule has 9 heteroatoms. The zero-order valence-corrected chi connectivity index (χ0v) is 20.8. The first-order valence-corrected chi connectivity index (χ1v) is 13.5. The number of quaternary nitrogens is 1. The third kappa shape index (κ3) is 4.38. The van der Waals surface area contributed by atoms with Gasteiger partial charge in [-0.15, -0.1) is 6.58 Å². The van der Waals surface area contributed by atoms with Crippen molar-refractivity contribution in [3.05, 3.63) is 78.5 Å². The Labute approximate surface area is 210 Å². The summed E-state index contributed by atoms with van der Waals surface area (Å²) in [5.74, 6) is 1.40. The summed E-state index contributed by atoms with van der Waals surface area (Å²) in [7, 11) is -2.01. The van der Waals surface area contributed by atoms with Crippen LogP contribution in [-0.4, -0.2) is 50.6 Å². The van der Waals surface area contributed by atoms with Gasteiger partial charge in [0.2, 0.25) is 0 Å². The van der Waals surface area contributed by atoms with Gasteiger partial charge in [-0.25, -0.2) is 0 Å². The first-order chi connectivity index (χ1) is 17.3. The minimum atomic E-state index is -3.68. The van der Waals surface area contributed by atoms with E-state index in [4.69, 9.17) is 4.74 Å². The van der Waals surface area contributed by atoms with Crippen molar-refractivity contribution in [2.24, 2.45) is 16.2 Å². The number of aliphatic hydroxyl groups excluding tert-OH is 1. The van der Waals surface area contributed by atoms with Crippen molar-refractivity contribution in [2.45, 2.75) is 29.9 Å². The second kappa shape index (κ2) is 9.65. The molecular weight excluding hydrogens is 478 g/mol. The fraction of sp³-hybridized carbons (Fsp3) is 0.333. The molecule has 0 spiro atoms. The molecule has 1 unspecified atom stereocenters. The molecule has 5 heterocycles. The van der Waals surface area contributed by atoms with Gasteiger partial charge in [-0.3, -0.25) is 4.98 Å². The van der Waals surface area contributed by atoms with Crippen molar-refractivity contribution in [1.29, 1.82) is 0 Å². The van der Waals surface area contributed by atoms with Crippen LogP contribution in [0.3, 0.4) is 0 Å². The molecule has 0 amide bonds. The average Bonchev–Trinajstić information content (AvgIpc) is 3.16. The number of aliphatic hydroxyl groups is 1. The van der Waals surface area contributed by atoms with E-state index in [-0.39, 0.29) is 16.5 Å². The van der Waals surface area contributed by atoms with Crippen LogP contribution in [-0.2, 0) is 10.0 Å². The molecule has 2 aromatic carbocycles. The Morgan fingerprint density at radius 1 is 1.25 bits per heavy atom. The number of rotatable bonds is 4. The molecule has 188 valence electrons. The highest BCUT2D eigenvalue weighted by atomic mass is 32.2. The first kappa shape index (κ1) is 24.4. The van der Waals surface area contributed by atoms with Crippen molar-refractivity contribution in [1.82, 2.24) is 4.98 Å². The molecule has 0 aliphatic carbocycles. The van der Waals surface area contributed by atoms with Crippen LogP contribution in [0.2, 0.25) is 0 Å². The van der Waals surface area contributed by atoms with Crippen molar-refractivity contribution in [3.63, 3.8) is 0 Å². The van der Waals surface area contributed by atoms with Gasteiger partial charge in [-0.2, -0.15) is 12.8 Å². The third-order valence-electron chi connectivity index (χ3n) is 7.60. The van der Waals surface area contributed by atoms with Gasteiger partial charge in [-0.05, 0) is 41.8 Å². The Balaban J connectivity index is 0.000000186. The number of fused-ring (bicyclic) bond motifs is 5. The highest BCUT2D eigenvalue weighted by Gasteiger charge is 2.45. The van der Waals surface area contributed by atoms with Gasteiger partial charge >= 0.3 is 0 Å². The Bertz CT molecular complexity index is 1440. The third-order valence-corrected chi connectivity index (χ3v) is 8.92. The van der Waals surface area contributed by atoms with Crippen LogP contribution in [0.15, 0.2) is 76.7 Å². The van der Waals surface area contributed by atoms with E-state index in [9.17, 15) is 18.6 Å². The molecule has 3 fully saturated rings. The standard InChI is InChI=1S/C20H24N2O2.C7H5NO3S/c1-3-13-12-22-9-7-14(13)10-19(22)20(23)16-6-8-21-18-5-4-15(24-2)11-17(16)18;9-7-5-3-1-2-4-6(5)12(10,11)8-7/h3-6,8,11,13-14,19-20,23H,1,7,9-10,12H2,2H3;1-4H,(H,8,9)/t13-,14-,19-,20+;/m0./s1. The number of ether oxygens (including phenoxy) is 1. The van der Waals surface area contributed by atoms with Crippen molar-refractivity contribution in [2.75, 3.05) is 20.2 Å². The number of nitrogens with one attached hydrogen (secondary N) is 1. The lowest BCUT2D eigenvalue weighted by Crippen LogP contribution is -3.20. The number of sulfonamides is 1.